The number of piperidine rings is 1. The zero-order valence-electron chi connectivity index (χ0n) is 22.0. The summed E-state index contributed by atoms with van der Waals surface area (Å²) in [5.41, 5.74) is 4.62. The predicted octanol–water partition coefficient (Wildman–Crippen LogP) is 5.80. The molecular weight excluding hydrogens is 508 g/mol. The van der Waals surface area contributed by atoms with E-state index in [1.165, 1.54) is 24.8 Å². The normalized spacial score (nSPS) is 19.9. The fraction of sp³-hybridized carbons (Fsp3) is 0.419. The van der Waals surface area contributed by atoms with Gasteiger partial charge in [0, 0.05) is 29.6 Å². The molecule has 1 aliphatic carbocycles. The van der Waals surface area contributed by atoms with E-state index in [1.54, 1.807) is 11.3 Å². The number of benzene rings is 2. The Morgan fingerprint density at radius 2 is 1.90 bits per heavy atom. The molecule has 202 valence electrons. The average molecular weight is 543 g/mol. The van der Waals surface area contributed by atoms with Crippen molar-refractivity contribution in [2.45, 2.75) is 50.3 Å². The van der Waals surface area contributed by atoms with Gasteiger partial charge in [0.25, 0.3) is 5.91 Å². The Bertz CT molecular complexity index is 1420. The Morgan fingerprint density at radius 1 is 1.08 bits per heavy atom. The molecule has 2 aliphatic heterocycles. The summed E-state index contributed by atoms with van der Waals surface area (Å²) < 4.78 is 11.6. The first-order valence-corrected chi connectivity index (χ1v) is 15.1. The number of H-pyrrole nitrogens is 1. The monoisotopic (exact) mass is 542 g/mol. The summed E-state index contributed by atoms with van der Waals surface area (Å²) in [7, 11) is 0. The highest BCUT2D eigenvalue weighted by Gasteiger charge is 2.31. The fourth-order valence-electron chi connectivity index (χ4n) is 5.98. The lowest BCUT2D eigenvalue weighted by Gasteiger charge is -2.41. The second-order valence-electron chi connectivity index (χ2n) is 11.1. The van der Waals surface area contributed by atoms with Crippen LogP contribution in [0.25, 0.3) is 22.2 Å². The number of aromatic amines is 1. The van der Waals surface area contributed by atoms with Gasteiger partial charge in [0.05, 0.1) is 36.5 Å². The van der Waals surface area contributed by atoms with Gasteiger partial charge in [-0.25, -0.2) is 0 Å². The van der Waals surface area contributed by atoms with Crippen molar-refractivity contribution in [2.75, 3.05) is 26.3 Å². The zero-order valence-corrected chi connectivity index (χ0v) is 22.8. The summed E-state index contributed by atoms with van der Waals surface area (Å²) in [6.45, 7) is 3.88. The molecule has 2 aromatic heterocycles. The molecule has 7 nitrogen and oxygen atoms in total. The molecule has 1 amide bonds. The summed E-state index contributed by atoms with van der Waals surface area (Å²) in [5.74, 6) is 1.37. The SMILES string of the molecule is O=C(NC(c1ccsc1)C1CCC1)c1ccc2[nH]nc(-c3ccc(OC4CCN(C5COC5)CC4)cc3)c2c1. The zero-order chi connectivity index (χ0) is 26.2. The van der Waals surface area contributed by atoms with Crippen LogP contribution in [-0.2, 0) is 4.74 Å². The Morgan fingerprint density at radius 3 is 2.56 bits per heavy atom. The van der Waals surface area contributed by atoms with Crippen LogP contribution in [0.1, 0.15) is 54.1 Å². The van der Waals surface area contributed by atoms with Crippen LogP contribution in [0.3, 0.4) is 0 Å². The van der Waals surface area contributed by atoms with Crippen LogP contribution in [0, 0.1) is 5.92 Å². The number of hydrogen-bond acceptors (Lipinski definition) is 6. The Kier molecular flexibility index (Phi) is 6.84. The predicted molar refractivity (Wildman–Crippen MR) is 153 cm³/mol. The molecule has 4 heterocycles. The number of aromatic nitrogens is 2. The molecular formula is C31H34N4O3S. The van der Waals surface area contributed by atoms with Gasteiger partial charge in [-0.15, -0.1) is 0 Å². The van der Waals surface area contributed by atoms with Gasteiger partial charge in [0.2, 0.25) is 0 Å². The molecule has 2 N–H and O–H groups in total. The highest BCUT2D eigenvalue weighted by molar-refractivity contribution is 7.08. The first kappa shape index (κ1) is 24.8. The Hall–Kier alpha value is -3.20. The van der Waals surface area contributed by atoms with Crippen molar-refractivity contribution >= 4 is 28.1 Å². The summed E-state index contributed by atoms with van der Waals surface area (Å²) in [5, 5.41) is 16.2. The van der Waals surface area contributed by atoms with Crippen LogP contribution in [0.15, 0.2) is 59.3 Å². The van der Waals surface area contributed by atoms with E-state index in [1.807, 2.05) is 30.3 Å². The molecule has 4 aromatic rings. The van der Waals surface area contributed by atoms with E-state index in [4.69, 9.17) is 9.47 Å². The van der Waals surface area contributed by atoms with E-state index < -0.39 is 0 Å². The number of carbonyl (C=O) groups is 1. The summed E-state index contributed by atoms with van der Waals surface area (Å²) in [6.07, 6.45) is 5.91. The molecule has 39 heavy (non-hydrogen) atoms. The van der Waals surface area contributed by atoms with E-state index in [2.05, 4.69) is 49.4 Å². The maximum atomic E-state index is 13.4. The fourth-order valence-corrected chi connectivity index (χ4v) is 6.67. The lowest BCUT2D eigenvalue weighted by Crippen LogP contribution is -2.52. The minimum Gasteiger partial charge on any atom is -0.490 e. The van der Waals surface area contributed by atoms with Gasteiger partial charge in [-0.05, 0) is 96.5 Å². The maximum Gasteiger partial charge on any atom is 0.251 e. The van der Waals surface area contributed by atoms with Crippen molar-refractivity contribution < 1.29 is 14.3 Å². The molecule has 3 aliphatic rings. The van der Waals surface area contributed by atoms with E-state index in [0.29, 0.717) is 17.5 Å². The van der Waals surface area contributed by atoms with Crippen LogP contribution in [0.5, 0.6) is 5.75 Å². The average Bonchev–Trinajstić information content (AvgIpc) is 3.58. The van der Waals surface area contributed by atoms with Crippen molar-refractivity contribution in [1.29, 1.82) is 0 Å². The molecule has 2 saturated heterocycles. The number of likely N-dealkylation sites (tertiary alicyclic amines) is 1. The number of nitrogens with one attached hydrogen (secondary N) is 2. The summed E-state index contributed by atoms with van der Waals surface area (Å²) in [4.78, 5) is 15.9. The molecule has 7 rings (SSSR count). The topological polar surface area (TPSA) is 79.5 Å². The van der Waals surface area contributed by atoms with Crippen molar-refractivity contribution in [3.8, 4) is 17.0 Å². The number of ether oxygens (including phenoxy) is 2. The van der Waals surface area contributed by atoms with Gasteiger partial charge in [-0.1, -0.05) is 6.42 Å². The molecule has 1 unspecified atom stereocenters. The first-order chi connectivity index (χ1) is 19.2. The van der Waals surface area contributed by atoms with Crippen LogP contribution >= 0.6 is 11.3 Å². The van der Waals surface area contributed by atoms with E-state index >= 15 is 0 Å². The third-order valence-corrected chi connectivity index (χ3v) is 9.38. The van der Waals surface area contributed by atoms with Crippen molar-refractivity contribution in [3.63, 3.8) is 0 Å². The van der Waals surface area contributed by atoms with Crippen LogP contribution in [0.2, 0.25) is 0 Å². The maximum absolute atomic E-state index is 13.4. The van der Waals surface area contributed by atoms with Crippen molar-refractivity contribution in [2.24, 2.45) is 5.92 Å². The smallest absolute Gasteiger partial charge is 0.251 e. The largest absolute Gasteiger partial charge is 0.490 e. The van der Waals surface area contributed by atoms with Crippen molar-refractivity contribution in [3.05, 3.63) is 70.4 Å². The number of hydrogen-bond donors (Lipinski definition) is 2. The lowest BCUT2D eigenvalue weighted by molar-refractivity contribution is -0.0778. The second kappa shape index (κ2) is 10.8. The van der Waals surface area contributed by atoms with Gasteiger partial charge in [0.15, 0.2) is 0 Å². The van der Waals surface area contributed by atoms with Crippen LogP contribution in [0.4, 0.5) is 0 Å². The number of carbonyl (C=O) groups excluding carboxylic acids is 1. The van der Waals surface area contributed by atoms with Gasteiger partial charge >= 0.3 is 0 Å². The molecule has 2 aromatic carbocycles. The van der Waals surface area contributed by atoms with Crippen LogP contribution in [-0.4, -0.2) is 59.5 Å². The van der Waals surface area contributed by atoms with Crippen molar-refractivity contribution in [1.82, 2.24) is 20.4 Å². The number of rotatable bonds is 8. The summed E-state index contributed by atoms with van der Waals surface area (Å²) >= 11 is 1.68. The summed E-state index contributed by atoms with van der Waals surface area (Å²) in [6, 6.07) is 16.8. The third-order valence-electron chi connectivity index (χ3n) is 8.68. The highest BCUT2D eigenvalue weighted by atomic mass is 32.1. The number of nitrogens with zero attached hydrogens (tertiary/aromatic N) is 2. The number of thiophene rings is 1. The lowest BCUT2D eigenvalue weighted by atomic mass is 9.77. The Balaban J connectivity index is 1.04. The molecule has 0 radical (unpaired) electrons. The van der Waals surface area contributed by atoms with Crippen LogP contribution < -0.4 is 10.1 Å². The van der Waals surface area contributed by atoms with E-state index in [-0.39, 0.29) is 18.1 Å². The molecule has 1 saturated carbocycles. The van der Waals surface area contributed by atoms with Gasteiger partial charge < -0.3 is 14.8 Å². The molecule has 8 heteroatoms. The highest BCUT2D eigenvalue weighted by Crippen LogP contribution is 2.38. The standard InChI is InChI=1S/C31H34N4O3S/c36-31(32-29(20-2-1-3-20)23-12-15-39-19-23)22-6-9-28-27(16-22)30(34-33-28)21-4-7-25(8-5-21)38-26-10-13-35(14-11-26)24-17-37-18-24/h4-9,12,15-16,19-20,24,26,29H,1-3,10-11,13-14,17-18H2,(H,32,36)(H,33,34). The van der Waals surface area contributed by atoms with E-state index in [0.717, 1.165) is 67.1 Å². The number of amides is 1. The minimum absolute atomic E-state index is 0.0354. The first-order valence-electron chi connectivity index (χ1n) is 14.1. The van der Waals surface area contributed by atoms with Gasteiger partial charge in [-0.3, -0.25) is 14.8 Å². The molecule has 3 fully saturated rings. The van der Waals surface area contributed by atoms with E-state index in [9.17, 15) is 4.79 Å². The Labute approximate surface area is 232 Å². The third kappa shape index (κ3) is 5.09. The van der Waals surface area contributed by atoms with Gasteiger partial charge in [-0.2, -0.15) is 16.4 Å². The molecule has 1 atom stereocenters. The minimum atomic E-state index is -0.0354. The van der Waals surface area contributed by atoms with Gasteiger partial charge in [0.1, 0.15) is 11.9 Å². The molecule has 0 bridgehead atoms. The number of fused-ring (bicyclic) bond motifs is 1. The quantitative estimate of drug-likeness (QED) is 0.294. The molecule has 0 spiro atoms. The second-order valence-corrected chi connectivity index (χ2v) is 11.9.